The molecule has 3 atom stereocenters. The molecule has 0 N–H and O–H groups in total. The SMILES string of the molecule is O=C(C1C2CCc3ccccc3C21)N1CCCCO1. The van der Waals surface area contributed by atoms with Gasteiger partial charge in [0.05, 0.1) is 12.5 Å². The predicted molar refractivity (Wildman–Crippen MR) is 71.4 cm³/mol. The molecule has 19 heavy (non-hydrogen) atoms. The molecule has 4 rings (SSSR count). The molecule has 0 radical (unpaired) electrons. The van der Waals surface area contributed by atoms with Gasteiger partial charge in [0.2, 0.25) is 5.91 Å². The van der Waals surface area contributed by atoms with Crippen molar-refractivity contribution in [1.29, 1.82) is 0 Å². The van der Waals surface area contributed by atoms with Crippen LogP contribution in [0.2, 0.25) is 0 Å². The van der Waals surface area contributed by atoms with Crippen molar-refractivity contribution in [2.24, 2.45) is 11.8 Å². The summed E-state index contributed by atoms with van der Waals surface area (Å²) in [6.45, 7) is 1.47. The Labute approximate surface area is 113 Å². The van der Waals surface area contributed by atoms with E-state index in [1.165, 1.54) is 11.1 Å². The first-order valence-corrected chi connectivity index (χ1v) is 7.38. The Hall–Kier alpha value is -1.35. The second-order valence-corrected chi connectivity index (χ2v) is 5.93. The molecule has 100 valence electrons. The van der Waals surface area contributed by atoms with Gasteiger partial charge in [0.25, 0.3) is 0 Å². The summed E-state index contributed by atoms with van der Waals surface area (Å²) < 4.78 is 0. The van der Waals surface area contributed by atoms with Crippen molar-refractivity contribution in [3.05, 3.63) is 35.4 Å². The van der Waals surface area contributed by atoms with Crippen molar-refractivity contribution in [3.63, 3.8) is 0 Å². The van der Waals surface area contributed by atoms with Crippen LogP contribution in [0.1, 0.15) is 36.3 Å². The molecule has 1 amide bonds. The average Bonchev–Trinajstić information content (AvgIpc) is 3.22. The van der Waals surface area contributed by atoms with Gasteiger partial charge in [0.1, 0.15) is 0 Å². The summed E-state index contributed by atoms with van der Waals surface area (Å²) in [5, 5.41) is 1.63. The highest BCUT2D eigenvalue weighted by atomic mass is 16.7. The first-order valence-electron chi connectivity index (χ1n) is 7.38. The number of hydroxylamine groups is 2. The quantitative estimate of drug-likeness (QED) is 0.773. The Balaban J connectivity index is 1.55. The summed E-state index contributed by atoms with van der Waals surface area (Å²) in [6, 6.07) is 8.61. The standard InChI is InChI=1S/C16H19NO2/c18-16(17-9-3-4-10-19-17)15-13-8-7-11-5-1-2-6-12(11)14(13)15/h1-2,5-6,13-15H,3-4,7-10H2. The molecule has 1 saturated heterocycles. The van der Waals surface area contributed by atoms with Crippen LogP contribution in [-0.4, -0.2) is 24.1 Å². The first-order chi connectivity index (χ1) is 9.36. The molecule has 1 heterocycles. The molecule has 3 unspecified atom stereocenters. The maximum Gasteiger partial charge on any atom is 0.250 e. The van der Waals surface area contributed by atoms with Crippen molar-refractivity contribution in [2.45, 2.75) is 31.6 Å². The van der Waals surface area contributed by atoms with E-state index in [9.17, 15) is 4.79 Å². The molecule has 3 aliphatic rings. The van der Waals surface area contributed by atoms with Crippen LogP contribution >= 0.6 is 0 Å². The molecule has 0 spiro atoms. The normalized spacial score (nSPS) is 32.4. The smallest absolute Gasteiger partial charge is 0.250 e. The van der Waals surface area contributed by atoms with E-state index >= 15 is 0 Å². The van der Waals surface area contributed by atoms with Crippen molar-refractivity contribution >= 4 is 5.91 Å². The number of nitrogens with zero attached hydrogens (tertiary/aromatic N) is 1. The van der Waals surface area contributed by atoms with E-state index < -0.39 is 0 Å². The number of carbonyl (C=O) groups is 1. The van der Waals surface area contributed by atoms with Gasteiger partial charge in [-0.25, -0.2) is 5.06 Å². The van der Waals surface area contributed by atoms with Crippen molar-refractivity contribution in [2.75, 3.05) is 13.2 Å². The minimum Gasteiger partial charge on any atom is -0.272 e. The molecule has 0 bridgehead atoms. The van der Waals surface area contributed by atoms with Gasteiger partial charge in [-0.2, -0.15) is 0 Å². The van der Waals surface area contributed by atoms with Gasteiger partial charge in [0.15, 0.2) is 0 Å². The lowest BCUT2D eigenvalue weighted by Gasteiger charge is -2.26. The summed E-state index contributed by atoms with van der Waals surface area (Å²) >= 11 is 0. The number of hydrogen-bond donors (Lipinski definition) is 0. The Bertz CT molecular complexity index is 507. The minimum atomic E-state index is 0.182. The third-order valence-electron chi connectivity index (χ3n) is 4.86. The molecule has 3 nitrogen and oxygen atoms in total. The number of rotatable bonds is 1. The van der Waals surface area contributed by atoms with Crippen LogP contribution in [0.25, 0.3) is 0 Å². The second kappa shape index (κ2) is 4.34. The number of fused-ring (bicyclic) bond motifs is 3. The maximum atomic E-state index is 12.5. The fourth-order valence-electron chi connectivity index (χ4n) is 3.84. The average molecular weight is 257 g/mol. The van der Waals surface area contributed by atoms with Crippen LogP contribution in [0.5, 0.6) is 0 Å². The number of aryl methyl sites for hydroxylation is 1. The summed E-state index contributed by atoms with van der Waals surface area (Å²) in [5.41, 5.74) is 2.85. The zero-order valence-corrected chi connectivity index (χ0v) is 11.0. The Morgan fingerprint density at radius 2 is 2.16 bits per heavy atom. The Morgan fingerprint density at radius 3 is 3.00 bits per heavy atom. The van der Waals surface area contributed by atoms with Crippen LogP contribution < -0.4 is 0 Å². The van der Waals surface area contributed by atoms with Crippen LogP contribution in [0, 0.1) is 11.8 Å². The van der Waals surface area contributed by atoms with E-state index in [4.69, 9.17) is 4.84 Å². The zero-order chi connectivity index (χ0) is 12.8. The van der Waals surface area contributed by atoms with Gasteiger partial charge in [-0.05, 0) is 48.6 Å². The molecule has 1 saturated carbocycles. The van der Waals surface area contributed by atoms with Gasteiger partial charge in [0, 0.05) is 6.54 Å². The van der Waals surface area contributed by atoms with Gasteiger partial charge < -0.3 is 0 Å². The Kier molecular flexibility index (Phi) is 2.62. The lowest BCUT2D eigenvalue weighted by Crippen LogP contribution is -2.37. The summed E-state index contributed by atoms with van der Waals surface area (Å²) in [7, 11) is 0. The van der Waals surface area contributed by atoms with E-state index in [2.05, 4.69) is 24.3 Å². The zero-order valence-electron chi connectivity index (χ0n) is 11.0. The van der Waals surface area contributed by atoms with Crippen LogP contribution in [0.4, 0.5) is 0 Å². The van der Waals surface area contributed by atoms with Crippen molar-refractivity contribution in [3.8, 4) is 0 Å². The van der Waals surface area contributed by atoms with E-state index in [-0.39, 0.29) is 11.8 Å². The molecule has 0 aromatic heterocycles. The highest BCUT2D eigenvalue weighted by molar-refractivity contribution is 5.83. The fraction of sp³-hybridized carbons (Fsp3) is 0.562. The van der Waals surface area contributed by atoms with Gasteiger partial charge in [-0.15, -0.1) is 0 Å². The summed E-state index contributed by atoms with van der Waals surface area (Å²) in [4.78, 5) is 18.1. The molecule has 1 aliphatic heterocycles. The molecular formula is C16H19NO2. The summed E-state index contributed by atoms with van der Waals surface area (Å²) in [5.74, 6) is 1.43. The topological polar surface area (TPSA) is 29.5 Å². The van der Waals surface area contributed by atoms with Crippen molar-refractivity contribution < 1.29 is 9.63 Å². The third-order valence-corrected chi connectivity index (χ3v) is 4.86. The summed E-state index contributed by atoms with van der Waals surface area (Å²) in [6.07, 6.45) is 4.43. The van der Waals surface area contributed by atoms with E-state index in [1.54, 1.807) is 5.06 Å². The first kappa shape index (κ1) is 11.5. The predicted octanol–water partition coefficient (Wildman–Crippen LogP) is 2.52. The van der Waals surface area contributed by atoms with Gasteiger partial charge in [-0.1, -0.05) is 24.3 Å². The lowest BCUT2D eigenvalue weighted by molar-refractivity contribution is -0.198. The molecule has 1 aromatic carbocycles. The largest absolute Gasteiger partial charge is 0.272 e. The van der Waals surface area contributed by atoms with E-state index in [1.807, 2.05) is 0 Å². The molecule has 2 fully saturated rings. The Morgan fingerprint density at radius 1 is 1.26 bits per heavy atom. The maximum absolute atomic E-state index is 12.5. The fourth-order valence-corrected chi connectivity index (χ4v) is 3.84. The highest BCUT2D eigenvalue weighted by Gasteiger charge is 2.58. The highest BCUT2D eigenvalue weighted by Crippen LogP contribution is 2.60. The van der Waals surface area contributed by atoms with E-state index in [0.717, 1.165) is 32.2 Å². The number of amides is 1. The second-order valence-electron chi connectivity index (χ2n) is 5.93. The third kappa shape index (κ3) is 1.79. The van der Waals surface area contributed by atoms with Crippen LogP contribution in [0.15, 0.2) is 24.3 Å². The van der Waals surface area contributed by atoms with Gasteiger partial charge >= 0.3 is 0 Å². The minimum absolute atomic E-state index is 0.182. The lowest BCUT2D eigenvalue weighted by atomic mass is 9.92. The van der Waals surface area contributed by atoms with Crippen molar-refractivity contribution in [1.82, 2.24) is 5.06 Å². The van der Waals surface area contributed by atoms with Crippen LogP contribution in [-0.2, 0) is 16.1 Å². The number of carbonyl (C=O) groups excluding carboxylic acids is 1. The molecule has 2 aliphatic carbocycles. The van der Waals surface area contributed by atoms with E-state index in [0.29, 0.717) is 18.4 Å². The number of hydrogen-bond acceptors (Lipinski definition) is 2. The number of benzene rings is 1. The molecule has 1 aromatic rings. The molecular weight excluding hydrogens is 238 g/mol. The molecule has 3 heteroatoms. The monoisotopic (exact) mass is 257 g/mol. The van der Waals surface area contributed by atoms with Crippen LogP contribution in [0.3, 0.4) is 0 Å². The van der Waals surface area contributed by atoms with Gasteiger partial charge in [-0.3, -0.25) is 9.63 Å².